The highest BCUT2D eigenvalue weighted by Gasteiger charge is 2.26. The van der Waals surface area contributed by atoms with Crippen molar-refractivity contribution in [2.45, 2.75) is 6.54 Å². The minimum Gasteiger partial charge on any atom is -0.329 e. The largest absolute Gasteiger partial charge is 0.329 e. The van der Waals surface area contributed by atoms with Gasteiger partial charge in [0.1, 0.15) is 0 Å². The van der Waals surface area contributed by atoms with Crippen molar-refractivity contribution in [1.82, 2.24) is 4.90 Å². The molecule has 1 aliphatic rings. The number of benzene rings is 1. The normalized spacial score (nSPS) is 15.5. The fourth-order valence-corrected chi connectivity index (χ4v) is 1.89. The van der Waals surface area contributed by atoms with E-state index in [0.717, 1.165) is 5.69 Å². The molecule has 0 unspecified atom stereocenters. The maximum atomic E-state index is 11.9. The van der Waals surface area contributed by atoms with Gasteiger partial charge >= 0.3 is 6.03 Å². The van der Waals surface area contributed by atoms with E-state index in [4.69, 9.17) is 5.73 Å². The zero-order valence-electron chi connectivity index (χ0n) is 8.81. The molecular formula is C11H15N3O. The van der Waals surface area contributed by atoms with Gasteiger partial charge in [-0.05, 0) is 11.6 Å². The van der Waals surface area contributed by atoms with Gasteiger partial charge in [-0.1, -0.05) is 18.2 Å². The van der Waals surface area contributed by atoms with Crippen LogP contribution in [0.4, 0.5) is 10.5 Å². The van der Waals surface area contributed by atoms with Gasteiger partial charge in [-0.2, -0.15) is 0 Å². The lowest BCUT2D eigenvalue weighted by Crippen LogP contribution is -2.47. The van der Waals surface area contributed by atoms with Gasteiger partial charge in [-0.3, -0.25) is 4.90 Å². The van der Waals surface area contributed by atoms with Crippen LogP contribution >= 0.6 is 0 Å². The topological polar surface area (TPSA) is 49.6 Å². The van der Waals surface area contributed by atoms with Crippen molar-refractivity contribution in [3.8, 4) is 0 Å². The van der Waals surface area contributed by atoms with Crippen LogP contribution in [0, 0.1) is 0 Å². The van der Waals surface area contributed by atoms with Crippen molar-refractivity contribution in [3.05, 3.63) is 29.8 Å². The average molecular weight is 205 g/mol. The standard InChI is InChI=1S/C11H15N3O/c1-13-8-9-4-2-3-5-10(9)14(7-6-12)11(13)15/h2-5H,6-8,12H2,1H3. The van der Waals surface area contributed by atoms with Crippen molar-refractivity contribution in [2.24, 2.45) is 5.73 Å². The number of carbonyl (C=O) groups excluding carboxylic acids is 1. The number of hydrogen-bond acceptors (Lipinski definition) is 2. The first-order valence-corrected chi connectivity index (χ1v) is 5.04. The number of carbonyl (C=O) groups is 1. The van der Waals surface area contributed by atoms with Crippen molar-refractivity contribution in [3.63, 3.8) is 0 Å². The van der Waals surface area contributed by atoms with Gasteiger partial charge < -0.3 is 10.6 Å². The highest BCUT2D eigenvalue weighted by Crippen LogP contribution is 2.26. The van der Waals surface area contributed by atoms with Gasteiger partial charge in [0.05, 0.1) is 5.69 Å². The predicted octanol–water partition coefficient (Wildman–Crippen LogP) is 1.02. The van der Waals surface area contributed by atoms with E-state index < -0.39 is 0 Å². The Morgan fingerprint density at radius 3 is 2.87 bits per heavy atom. The number of rotatable bonds is 2. The van der Waals surface area contributed by atoms with Crippen molar-refractivity contribution in [2.75, 3.05) is 25.0 Å². The minimum atomic E-state index is 0.0270. The molecule has 1 aromatic rings. The molecule has 0 saturated carbocycles. The quantitative estimate of drug-likeness (QED) is 0.783. The van der Waals surface area contributed by atoms with E-state index >= 15 is 0 Å². The van der Waals surface area contributed by atoms with Gasteiger partial charge in [0.25, 0.3) is 0 Å². The molecule has 4 nitrogen and oxygen atoms in total. The third-order valence-electron chi connectivity index (χ3n) is 2.60. The third kappa shape index (κ3) is 1.68. The van der Waals surface area contributed by atoms with Crippen molar-refractivity contribution < 1.29 is 4.79 Å². The summed E-state index contributed by atoms with van der Waals surface area (Å²) in [5.41, 5.74) is 7.68. The number of para-hydroxylation sites is 1. The molecule has 2 N–H and O–H groups in total. The van der Waals surface area contributed by atoms with Gasteiger partial charge in [-0.25, -0.2) is 4.79 Å². The molecule has 0 spiro atoms. The van der Waals surface area contributed by atoms with Crippen LogP contribution in [0.1, 0.15) is 5.56 Å². The summed E-state index contributed by atoms with van der Waals surface area (Å²) >= 11 is 0. The molecule has 0 saturated heterocycles. The second kappa shape index (κ2) is 3.90. The maximum Gasteiger partial charge on any atom is 0.324 e. The summed E-state index contributed by atoms with van der Waals surface area (Å²) < 4.78 is 0. The van der Waals surface area contributed by atoms with Crippen LogP contribution in [0.15, 0.2) is 24.3 Å². The molecule has 0 bridgehead atoms. The molecule has 1 aliphatic heterocycles. The van der Waals surface area contributed by atoms with E-state index in [0.29, 0.717) is 19.6 Å². The van der Waals surface area contributed by atoms with Gasteiger partial charge in [0.15, 0.2) is 0 Å². The molecule has 4 heteroatoms. The number of anilines is 1. The molecule has 2 amide bonds. The molecule has 0 fully saturated rings. The summed E-state index contributed by atoms with van der Waals surface area (Å²) in [6.07, 6.45) is 0. The van der Waals surface area contributed by atoms with Crippen LogP contribution in [-0.2, 0) is 6.54 Å². The summed E-state index contributed by atoms with van der Waals surface area (Å²) in [6.45, 7) is 1.73. The first kappa shape index (κ1) is 9.98. The lowest BCUT2D eigenvalue weighted by atomic mass is 10.1. The zero-order chi connectivity index (χ0) is 10.8. The fraction of sp³-hybridized carbons (Fsp3) is 0.364. The van der Waals surface area contributed by atoms with Gasteiger partial charge in [-0.15, -0.1) is 0 Å². The Morgan fingerprint density at radius 2 is 2.13 bits per heavy atom. The van der Waals surface area contributed by atoms with E-state index in [9.17, 15) is 4.79 Å². The number of nitrogens with two attached hydrogens (primary N) is 1. The summed E-state index contributed by atoms with van der Waals surface area (Å²) in [5, 5.41) is 0. The van der Waals surface area contributed by atoms with E-state index in [2.05, 4.69) is 0 Å². The number of fused-ring (bicyclic) bond motifs is 1. The van der Waals surface area contributed by atoms with Gasteiger partial charge in [0, 0.05) is 26.7 Å². The summed E-state index contributed by atoms with van der Waals surface area (Å²) in [7, 11) is 1.81. The number of amides is 2. The first-order valence-electron chi connectivity index (χ1n) is 5.04. The molecule has 1 heterocycles. The monoisotopic (exact) mass is 205 g/mol. The Bertz CT molecular complexity index is 378. The Morgan fingerprint density at radius 1 is 1.40 bits per heavy atom. The Hall–Kier alpha value is -1.55. The fourth-order valence-electron chi connectivity index (χ4n) is 1.89. The number of hydrogen-bond donors (Lipinski definition) is 1. The van der Waals surface area contributed by atoms with Crippen LogP contribution < -0.4 is 10.6 Å². The van der Waals surface area contributed by atoms with E-state index in [1.165, 1.54) is 5.56 Å². The van der Waals surface area contributed by atoms with Crippen molar-refractivity contribution in [1.29, 1.82) is 0 Å². The van der Waals surface area contributed by atoms with Crippen LogP contribution in [0.2, 0.25) is 0 Å². The molecular weight excluding hydrogens is 190 g/mol. The summed E-state index contributed by atoms with van der Waals surface area (Å²) in [5.74, 6) is 0. The van der Waals surface area contributed by atoms with E-state index in [-0.39, 0.29) is 6.03 Å². The SMILES string of the molecule is CN1Cc2ccccc2N(CCN)C1=O. The summed E-state index contributed by atoms with van der Waals surface area (Å²) in [6, 6.07) is 7.97. The minimum absolute atomic E-state index is 0.0270. The second-order valence-electron chi connectivity index (χ2n) is 3.71. The predicted molar refractivity (Wildman–Crippen MR) is 59.7 cm³/mol. The van der Waals surface area contributed by atoms with Crippen LogP contribution in [-0.4, -0.2) is 31.1 Å². The molecule has 0 atom stereocenters. The Kier molecular flexibility index (Phi) is 2.60. The Balaban J connectivity index is 2.40. The molecule has 0 radical (unpaired) electrons. The molecule has 0 aliphatic carbocycles. The molecule has 2 rings (SSSR count). The number of nitrogens with zero attached hydrogens (tertiary/aromatic N) is 2. The molecule has 0 aromatic heterocycles. The lowest BCUT2D eigenvalue weighted by molar-refractivity contribution is 0.210. The second-order valence-corrected chi connectivity index (χ2v) is 3.71. The van der Waals surface area contributed by atoms with Crippen LogP contribution in [0.5, 0.6) is 0 Å². The van der Waals surface area contributed by atoms with Gasteiger partial charge in [0.2, 0.25) is 0 Å². The molecule has 1 aromatic carbocycles. The number of urea groups is 1. The van der Waals surface area contributed by atoms with Crippen LogP contribution in [0.25, 0.3) is 0 Å². The summed E-state index contributed by atoms with van der Waals surface area (Å²) in [4.78, 5) is 15.3. The first-order chi connectivity index (χ1) is 7.24. The average Bonchev–Trinajstić information content (AvgIpc) is 2.25. The molecule has 15 heavy (non-hydrogen) atoms. The Labute approximate surface area is 89.3 Å². The zero-order valence-corrected chi connectivity index (χ0v) is 8.81. The molecule has 80 valence electrons. The smallest absolute Gasteiger partial charge is 0.324 e. The maximum absolute atomic E-state index is 11.9. The van der Waals surface area contributed by atoms with Crippen LogP contribution in [0.3, 0.4) is 0 Å². The van der Waals surface area contributed by atoms with E-state index in [1.807, 2.05) is 31.3 Å². The van der Waals surface area contributed by atoms with Crippen molar-refractivity contribution >= 4 is 11.7 Å². The lowest BCUT2D eigenvalue weighted by Gasteiger charge is -2.34. The highest BCUT2D eigenvalue weighted by atomic mass is 16.2. The van der Waals surface area contributed by atoms with E-state index in [1.54, 1.807) is 9.80 Å². The highest BCUT2D eigenvalue weighted by molar-refractivity contribution is 5.94. The third-order valence-corrected chi connectivity index (χ3v) is 2.60.